The van der Waals surface area contributed by atoms with Crippen molar-refractivity contribution in [2.75, 3.05) is 5.32 Å². The summed E-state index contributed by atoms with van der Waals surface area (Å²) in [6, 6.07) is 14.8. The normalized spacial score (nSPS) is 11.2. The summed E-state index contributed by atoms with van der Waals surface area (Å²) < 4.78 is 4.29. The van der Waals surface area contributed by atoms with Crippen molar-refractivity contribution in [3.63, 3.8) is 0 Å². The SMILES string of the molecule is CCn1ncc(-c2cc(C(=O)Nc3nn(Cc4ccc(Cl)c(Cl)c4)cc3Br)c3ccccc3n2)c1C. The Hall–Kier alpha value is -3.20. The molecule has 0 atom stereocenters. The minimum Gasteiger partial charge on any atom is -0.304 e. The molecular weight excluding hydrogens is 563 g/mol. The number of aromatic nitrogens is 5. The highest BCUT2D eigenvalue weighted by molar-refractivity contribution is 9.10. The van der Waals surface area contributed by atoms with Crippen LogP contribution in [0.1, 0.15) is 28.5 Å². The van der Waals surface area contributed by atoms with Gasteiger partial charge >= 0.3 is 0 Å². The van der Waals surface area contributed by atoms with Crippen molar-refractivity contribution in [3.8, 4) is 11.3 Å². The molecule has 5 aromatic rings. The van der Waals surface area contributed by atoms with Crippen LogP contribution in [0.5, 0.6) is 0 Å². The van der Waals surface area contributed by atoms with E-state index in [9.17, 15) is 4.79 Å². The van der Waals surface area contributed by atoms with Crippen LogP contribution < -0.4 is 5.32 Å². The Kier molecular flexibility index (Phi) is 6.83. The summed E-state index contributed by atoms with van der Waals surface area (Å²) in [7, 11) is 0. The number of rotatable bonds is 6. The van der Waals surface area contributed by atoms with Crippen LogP contribution in [0.2, 0.25) is 10.0 Å². The summed E-state index contributed by atoms with van der Waals surface area (Å²) in [6.07, 6.45) is 3.59. The van der Waals surface area contributed by atoms with E-state index in [2.05, 4.69) is 31.4 Å². The van der Waals surface area contributed by atoms with Crippen molar-refractivity contribution < 1.29 is 4.79 Å². The highest BCUT2D eigenvalue weighted by Gasteiger charge is 2.19. The molecule has 2 aromatic carbocycles. The molecule has 1 amide bonds. The minimum absolute atomic E-state index is 0.282. The third-order valence-electron chi connectivity index (χ3n) is 5.92. The van der Waals surface area contributed by atoms with Gasteiger partial charge in [-0.3, -0.25) is 14.2 Å². The molecule has 7 nitrogen and oxygen atoms in total. The Morgan fingerprint density at radius 3 is 2.67 bits per heavy atom. The van der Waals surface area contributed by atoms with Crippen molar-refractivity contribution in [2.24, 2.45) is 0 Å². The van der Waals surface area contributed by atoms with E-state index in [0.717, 1.165) is 34.3 Å². The Balaban J connectivity index is 1.47. The molecule has 0 aliphatic rings. The maximum Gasteiger partial charge on any atom is 0.257 e. The molecular formula is C26H21BrCl2N6O. The molecule has 0 saturated carbocycles. The van der Waals surface area contributed by atoms with Crippen LogP contribution in [0.4, 0.5) is 5.82 Å². The fourth-order valence-corrected chi connectivity index (χ4v) is 4.82. The molecule has 0 saturated heterocycles. The first-order valence-corrected chi connectivity index (χ1v) is 12.8. The number of anilines is 1. The molecule has 0 fully saturated rings. The second-order valence-electron chi connectivity index (χ2n) is 8.26. The lowest BCUT2D eigenvalue weighted by molar-refractivity contribution is 0.102. The number of carbonyl (C=O) groups excluding carboxylic acids is 1. The van der Waals surface area contributed by atoms with E-state index < -0.39 is 0 Å². The van der Waals surface area contributed by atoms with Crippen LogP contribution in [-0.4, -0.2) is 30.5 Å². The lowest BCUT2D eigenvalue weighted by Gasteiger charge is -2.10. The minimum atomic E-state index is -0.282. The van der Waals surface area contributed by atoms with E-state index in [4.69, 9.17) is 28.2 Å². The Bertz CT molecular complexity index is 1610. The van der Waals surface area contributed by atoms with E-state index in [1.165, 1.54) is 0 Å². The van der Waals surface area contributed by atoms with E-state index in [1.54, 1.807) is 29.2 Å². The highest BCUT2D eigenvalue weighted by Crippen LogP contribution is 2.29. The number of nitrogens with zero attached hydrogens (tertiary/aromatic N) is 5. The maximum atomic E-state index is 13.5. The molecule has 10 heteroatoms. The number of nitrogens with one attached hydrogen (secondary N) is 1. The zero-order valence-electron chi connectivity index (χ0n) is 19.5. The van der Waals surface area contributed by atoms with Gasteiger partial charge in [0.15, 0.2) is 5.82 Å². The van der Waals surface area contributed by atoms with Gasteiger partial charge < -0.3 is 5.32 Å². The third-order valence-corrected chi connectivity index (χ3v) is 7.24. The Morgan fingerprint density at radius 1 is 1.11 bits per heavy atom. The van der Waals surface area contributed by atoms with Crippen LogP contribution in [0.15, 0.2) is 65.4 Å². The molecule has 36 heavy (non-hydrogen) atoms. The summed E-state index contributed by atoms with van der Waals surface area (Å²) in [6.45, 7) is 5.26. The van der Waals surface area contributed by atoms with Crippen molar-refractivity contribution in [1.82, 2.24) is 24.5 Å². The zero-order chi connectivity index (χ0) is 25.4. The van der Waals surface area contributed by atoms with Gasteiger partial charge in [-0.05, 0) is 59.6 Å². The predicted octanol–water partition coefficient (Wildman–Crippen LogP) is 6.99. The number of hydrogen-bond acceptors (Lipinski definition) is 4. The van der Waals surface area contributed by atoms with Gasteiger partial charge in [0.1, 0.15) is 0 Å². The molecule has 0 aliphatic heterocycles. The van der Waals surface area contributed by atoms with Crippen molar-refractivity contribution in [1.29, 1.82) is 0 Å². The quantitative estimate of drug-likeness (QED) is 0.233. The molecule has 182 valence electrons. The number of fused-ring (bicyclic) bond motifs is 1. The molecule has 0 spiro atoms. The Morgan fingerprint density at radius 2 is 1.92 bits per heavy atom. The number of aryl methyl sites for hydroxylation is 1. The van der Waals surface area contributed by atoms with E-state index in [1.807, 2.05) is 54.9 Å². The fraction of sp³-hybridized carbons (Fsp3) is 0.154. The lowest BCUT2D eigenvalue weighted by Crippen LogP contribution is -2.14. The first-order valence-electron chi connectivity index (χ1n) is 11.2. The number of halogens is 3. The predicted molar refractivity (Wildman–Crippen MR) is 147 cm³/mol. The van der Waals surface area contributed by atoms with Crippen LogP contribution in [0, 0.1) is 6.92 Å². The molecule has 5 rings (SSSR count). The maximum absolute atomic E-state index is 13.5. The van der Waals surface area contributed by atoms with Crippen LogP contribution in [0.3, 0.4) is 0 Å². The number of hydrogen-bond donors (Lipinski definition) is 1. The largest absolute Gasteiger partial charge is 0.304 e. The standard InChI is InChI=1S/C26H21BrCl2N6O/c1-3-35-15(2)19(12-30-35)24-11-18(17-6-4-5-7-23(17)31-24)26(36)32-25-20(27)14-34(33-25)13-16-8-9-21(28)22(29)10-16/h4-12,14H,3,13H2,1-2H3,(H,32,33,36). The number of para-hydroxylation sites is 1. The molecule has 0 bridgehead atoms. The molecule has 0 aliphatic carbocycles. The van der Waals surface area contributed by atoms with Gasteiger partial charge in [0.25, 0.3) is 5.91 Å². The summed E-state index contributed by atoms with van der Waals surface area (Å²) in [4.78, 5) is 18.3. The molecule has 1 N–H and O–H groups in total. The first-order chi connectivity index (χ1) is 17.3. The van der Waals surface area contributed by atoms with Gasteiger partial charge in [0.05, 0.1) is 44.0 Å². The monoisotopic (exact) mass is 582 g/mol. The molecule has 0 radical (unpaired) electrons. The number of carbonyl (C=O) groups is 1. The average molecular weight is 584 g/mol. The van der Waals surface area contributed by atoms with E-state index in [-0.39, 0.29) is 5.91 Å². The molecule has 3 aromatic heterocycles. The van der Waals surface area contributed by atoms with Gasteiger partial charge in [-0.15, -0.1) is 0 Å². The van der Waals surface area contributed by atoms with Gasteiger partial charge in [0, 0.05) is 29.4 Å². The number of pyridine rings is 1. The van der Waals surface area contributed by atoms with E-state index >= 15 is 0 Å². The molecule has 0 unspecified atom stereocenters. The van der Waals surface area contributed by atoms with E-state index in [0.29, 0.717) is 38.1 Å². The second kappa shape index (κ2) is 10.0. The topological polar surface area (TPSA) is 77.6 Å². The van der Waals surface area contributed by atoms with Crippen LogP contribution >= 0.6 is 39.1 Å². The van der Waals surface area contributed by atoms with Gasteiger partial charge in [0.2, 0.25) is 0 Å². The zero-order valence-corrected chi connectivity index (χ0v) is 22.6. The summed E-state index contributed by atoms with van der Waals surface area (Å²) in [5.41, 5.74) is 4.75. The summed E-state index contributed by atoms with van der Waals surface area (Å²) in [5.74, 6) is 0.133. The van der Waals surface area contributed by atoms with Crippen LogP contribution in [0.25, 0.3) is 22.2 Å². The third kappa shape index (κ3) is 4.76. The number of benzene rings is 2. The Labute approximate surface area is 226 Å². The average Bonchev–Trinajstić information content (AvgIpc) is 3.41. The van der Waals surface area contributed by atoms with Crippen molar-refractivity contribution >= 4 is 61.8 Å². The fourth-order valence-electron chi connectivity index (χ4n) is 4.08. The number of amides is 1. The van der Waals surface area contributed by atoms with Gasteiger partial charge in [-0.1, -0.05) is 47.5 Å². The van der Waals surface area contributed by atoms with Gasteiger partial charge in [-0.2, -0.15) is 10.2 Å². The molecule has 3 heterocycles. The smallest absolute Gasteiger partial charge is 0.257 e. The first kappa shape index (κ1) is 24.5. The summed E-state index contributed by atoms with van der Waals surface area (Å²) >= 11 is 15.7. The lowest BCUT2D eigenvalue weighted by atomic mass is 10.0. The second-order valence-corrected chi connectivity index (χ2v) is 9.93. The van der Waals surface area contributed by atoms with Crippen molar-refractivity contribution in [2.45, 2.75) is 26.9 Å². The van der Waals surface area contributed by atoms with Crippen molar-refractivity contribution in [3.05, 3.63) is 92.3 Å². The summed E-state index contributed by atoms with van der Waals surface area (Å²) in [5, 5.41) is 13.7. The highest BCUT2D eigenvalue weighted by atomic mass is 79.9. The van der Waals surface area contributed by atoms with Crippen LogP contribution in [-0.2, 0) is 13.1 Å². The van der Waals surface area contributed by atoms with Gasteiger partial charge in [-0.25, -0.2) is 4.98 Å².